The Balaban J connectivity index is 2.05. The van der Waals surface area contributed by atoms with Crippen molar-refractivity contribution in [3.8, 4) is 18.1 Å². The van der Waals surface area contributed by atoms with Crippen molar-refractivity contribution in [2.45, 2.75) is 12.5 Å². The van der Waals surface area contributed by atoms with Crippen LogP contribution in [0.1, 0.15) is 18.1 Å². The molecule has 23 heavy (non-hydrogen) atoms. The van der Waals surface area contributed by atoms with Crippen molar-refractivity contribution >= 4 is 11.6 Å². The number of terminal acetylenes is 1. The third kappa shape index (κ3) is 4.83. The monoisotopic (exact) mass is 313 g/mol. The summed E-state index contributed by atoms with van der Waals surface area (Å²) in [5.74, 6) is 1.59. The first-order chi connectivity index (χ1) is 11.1. The van der Waals surface area contributed by atoms with Gasteiger partial charge in [0.15, 0.2) is 0 Å². The van der Waals surface area contributed by atoms with Crippen molar-refractivity contribution in [1.29, 1.82) is 0 Å². The first-order valence-electron chi connectivity index (χ1n) is 6.99. The molecule has 0 aliphatic rings. The molecule has 0 spiro atoms. The van der Waals surface area contributed by atoms with Crippen molar-refractivity contribution in [2.24, 2.45) is 0 Å². The molecule has 1 unspecified atom stereocenters. The molecule has 1 atom stereocenters. The molecular weight excluding hydrogens is 297 g/mol. The minimum atomic E-state index is -0.945. The van der Waals surface area contributed by atoms with Crippen LogP contribution < -0.4 is 10.1 Å². The molecule has 0 heterocycles. The van der Waals surface area contributed by atoms with Crippen molar-refractivity contribution in [3.05, 3.63) is 59.9 Å². The Hall–Kier alpha value is -2.84. The lowest BCUT2D eigenvalue weighted by Crippen LogP contribution is -2.16. The molecule has 5 heteroatoms. The third-order valence-electron chi connectivity index (χ3n) is 3.09. The first-order valence-corrected chi connectivity index (χ1v) is 6.99. The zero-order valence-electron chi connectivity index (χ0n) is 12.3. The number of ether oxygens (including phenoxy) is 1. The summed E-state index contributed by atoms with van der Waals surface area (Å²) in [5.41, 5.74) is 0.802. The van der Waals surface area contributed by atoms with Gasteiger partial charge in [-0.15, -0.1) is 6.42 Å². The largest absolute Gasteiger partial charge is 0.479 e. The maximum Gasteiger partial charge on any atom is 0.227 e. The Morgan fingerprint density at radius 2 is 2.04 bits per heavy atom. The number of rotatable bonds is 6. The Kier molecular flexibility index (Phi) is 5.73. The summed E-state index contributed by atoms with van der Waals surface area (Å²) < 4.78 is 18.6. The van der Waals surface area contributed by atoms with E-state index in [2.05, 4.69) is 11.2 Å². The molecule has 118 valence electrons. The van der Waals surface area contributed by atoms with Gasteiger partial charge in [-0.1, -0.05) is 36.3 Å². The Bertz CT molecular complexity index is 710. The third-order valence-corrected chi connectivity index (χ3v) is 3.09. The summed E-state index contributed by atoms with van der Waals surface area (Å²) >= 11 is 0. The fourth-order valence-electron chi connectivity index (χ4n) is 2.02. The number of carbonyl (C=O) groups excluding carboxylic acids is 1. The predicted molar refractivity (Wildman–Crippen MR) is 85.4 cm³/mol. The molecule has 0 saturated carbocycles. The molecule has 0 aromatic heterocycles. The van der Waals surface area contributed by atoms with Crippen molar-refractivity contribution in [3.63, 3.8) is 0 Å². The summed E-state index contributed by atoms with van der Waals surface area (Å²) in [4.78, 5) is 12.0. The summed E-state index contributed by atoms with van der Waals surface area (Å²) in [6, 6.07) is 12.5. The number of aliphatic hydroxyl groups is 1. The van der Waals surface area contributed by atoms with E-state index in [1.165, 1.54) is 12.1 Å². The van der Waals surface area contributed by atoms with Crippen LogP contribution >= 0.6 is 0 Å². The molecule has 2 aromatic rings. The maximum absolute atomic E-state index is 13.4. The van der Waals surface area contributed by atoms with E-state index in [-0.39, 0.29) is 24.5 Å². The fraction of sp³-hybridized carbons (Fsp3) is 0.167. The van der Waals surface area contributed by atoms with Crippen LogP contribution in [0.4, 0.5) is 10.1 Å². The van der Waals surface area contributed by atoms with Gasteiger partial charge in [0.1, 0.15) is 18.2 Å². The minimum Gasteiger partial charge on any atom is -0.479 e. The van der Waals surface area contributed by atoms with Crippen molar-refractivity contribution in [2.75, 3.05) is 11.9 Å². The van der Waals surface area contributed by atoms with Crippen LogP contribution in [-0.2, 0) is 4.79 Å². The van der Waals surface area contributed by atoms with Gasteiger partial charge in [0.05, 0.1) is 18.2 Å². The van der Waals surface area contributed by atoms with Crippen LogP contribution in [0.5, 0.6) is 5.75 Å². The lowest BCUT2D eigenvalue weighted by atomic mass is 10.1. The Morgan fingerprint density at radius 1 is 1.30 bits per heavy atom. The Morgan fingerprint density at radius 3 is 2.74 bits per heavy atom. The van der Waals surface area contributed by atoms with Gasteiger partial charge in [-0.3, -0.25) is 4.79 Å². The fourth-order valence-corrected chi connectivity index (χ4v) is 2.02. The number of hydrogen-bond acceptors (Lipinski definition) is 3. The summed E-state index contributed by atoms with van der Waals surface area (Å²) in [7, 11) is 0. The molecule has 0 radical (unpaired) electrons. The van der Waals surface area contributed by atoms with Gasteiger partial charge < -0.3 is 15.2 Å². The van der Waals surface area contributed by atoms with E-state index in [1.54, 1.807) is 24.3 Å². The van der Waals surface area contributed by atoms with Crippen LogP contribution in [-0.4, -0.2) is 17.6 Å². The molecular formula is C18H16FNO3. The molecule has 0 saturated heterocycles. The van der Waals surface area contributed by atoms with E-state index in [9.17, 15) is 14.3 Å². The van der Waals surface area contributed by atoms with Crippen molar-refractivity contribution < 1.29 is 19.0 Å². The average molecular weight is 313 g/mol. The number of carbonyl (C=O) groups is 1. The number of aliphatic hydroxyl groups excluding tert-OH is 1. The van der Waals surface area contributed by atoms with E-state index in [0.717, 1.165) is 6.07 Å². The second-order valence-corrected chi connectivity index (χ2v) is 4.81. The normalized spacial score (nSPS) is 11.3. The van der Waals surface area contributed by atoms with E-state index in [4.69, 9.17) is 11.2 Å². The van der Waals surface area contributed by atoms with E-state index >= 15 is 0 Å². The highest BCUT2D eigenvalue weighted by molar-refractivity contribution is 5.92. The Labute approximate surface area is 133 Å². The van der Waals surface area contributed by atoms with E-state index in [0.29, 0.717) is 5.56 Å². The van der Waals surface area contributed by atoms with E-state index in [1.807, 2.05) is 6.07 Å². The van der Waals surface area contributed by atoms with Crippen LogP contribution in [0, 0.1) is 18.2 Å². The average Bonchev–Trinajstić information content (AvgIpc) is 2.55. The number of benzene rings is 2. The van der Waals surface area contributed by atoms with Gasteiger partial charge in [-0.2, -0.15) is 0 Å². The molecule has 0 fully saturated rings. The van der Waals surface area contributed by atoms with E-state index < -0.39 is 17.8 Å². The van der Waals surface area contributed by atoms with Crippen molar-refractivity contribution in [1.82, 2.24) is 0 Å². The van der Waals surface area contributed by atoms with Gasteiger partial charge in [0.2, 0.25) is 5.91 Å². The van der Waals surface area contributed by atoms with Gasteiger partial charge in [0, 0.05) is 6.07 Å². The highest BCUT2D eigenvalue weighted by Gasteiger charge is 2.15. The first kappa shape index (κ1) is 16.5. The van der Waals surface area contributed by atoms with Gasteiger partial charge in [-0.25, -0.2) is 4.39 Å². The van der Waals surface area contributed by atoms with Gasteiger partial charge in [-0.05, 0) is 17.7 Å². The minimum absolute atomic E-state index is 0.00113. The highest BCUT2D eigenvalue weighted by Crippen LogP contribution is 2.26. The zero-order chi connectivity index (χ0) is 16.7. The second-order valence-electron chi connectivity index (χ2n) is 4.81. The van der Waals surface area contributed by atoms with Gasteiger partial charge >= 0.3 is 0 Å². The highest BCUT2D eigenvalue weighted by atomic mass is 19.1. The molecule has 4 nitrogen and oxygen atoms in total. The van der Waals surface area contributed by atoms with Crippen LogP contribution in [0.25, 0.3) is 0 Å². The molecule has 2 rings (SSSR count). The molecule has 0 aliphatic carbocycles. The lowest BCUT2D eigenvalue weighted by Gasteiger charge is -2.14. The van der Waals surface area contributed by atoms with Crippen LogP contribution in [0.3, 0.4) is 0 Å². The molecule has 1 amide bonds. The number of nitrogens with one attached hydrogen (secondary N) is 1. The van der Waals surface area contributed by atoms with Crippen LogP contribution in [0.2, 0.25) is 0 Å². The smallest absolute Gasteiger partial charge is 0.227 e. The van der Waals surface area contributed by atoms with Gasteiger partial charge in [0.25, 0.3) is 0 Å². The van der Waals surface area contributed by atoms with Crippen LogP contribution in [0.15, 0.2) is 48.5 Å². The number of anilines is 1. The SMILES string of the molecule is C#CCOc1ccc(F)cc1NC(=O)CC(O)c1ccccc1. The predicted octanol–water partition coefficient (Wildman–Crippen LogP) is 2.90. The maximum atomic E-state index is 13.4. The zero-order valence-corrected chi connectivity index (χ0v) is 12.3. The molecule has 0 aliphatic heterocycles. The summed E-state index contributed by atoms with van der Waals surface area (Å²) in [6.07, 6.45) is 4.02. The summed E-state index contributed by atoms with van der Waals surface area (Å²) in [5, 5.41) is 12.6. The second kappa shape index (κ2) is 7.97. The number of hydrogen-bond donors (Lipinski definition) is 2. The molecule has 2 aromatic carbocycles. The molecule has 2 N–H and O–H groups in total. The number of amides is 1. The standard InChI is InChI=1S/C18H16FNO3/c1-2-10-23-17-9-8-14(19)11-15(17)20-18(22)12-16(21)13-6-4-3-5-7-13/h1,3-9,11,16,21H,10,12H2,(H,20,22). The summed E-state index contributed by atoms with van der Waals surface area (Å²) in [6.45, 7) is 0.00113. The molecule has 0 bridgehead atoms. The lowest BCUT2D eigenvalue weighted by molar-refractivity contribution is -0.118. The topological polar surface area (TPSA) is 58.6 Å². The quantitative estimate of drug-likeness (QED) is 0.806. The number of halogens is 1.